The van der Waals surface area contributed by atoms with Crippen molar-refractivity contribution in [3.05, 3.63) is 60.2 Å². The second-order valence-corrected chi connectivity index (χ2v) is 7.28. The lowest BCUT2D eigenvalue weighted by Gasteiger charge is -2.16. The predicted molar refractivity (Wildman–Crippen MR) is 108 cm³/mol. The lowest BCUT2D eigenvalue weighted by Crippen LogP contribution is -2.26. The van der Waals surface area contributed by atoms with Gasteiger partial charge in [0, 0.05) is 6.42 Å². The number of carbonyl (C=O) groups excluding carboxylic acids is 1. The minimum Gasteiger partial charge on any atom is -0.350 e. The van der Waals surface area contributed by atoms with Crippen molar-refractivity contribution in [3.8, 4) is 11.1 Å². The van der Waals surface area contributed by atoms with Gasteiger partial charge in [0.1, 0.15) is 0 Å². The first kappa shape index (κ1) is 18.7. The molecule has 1 N–H and O–H groups in total. The van der Waals surface area contributed by atoms with E-state index in [1.807, 2.05) is 6.07 Å². The van der Waals surface area contributed by atoms with Crippen molar-refractivity contribution in [3.63, 3.8) is 0 Å². The van der Waals surface area contributed by atoms with Crippen molar-refractivity contribution in [1.82, 2.24) is 10.2 Å². The van der Waals surface area contributed by atoms with Crippen LogP contribution in [-0.4, -0.2) is 30.4 Å². The maximum atomic E-state index is 12.2. The van der Waals surface area contributed by atoms with Crippen molar-refractivity contribution in [2.75, 3.05) is 19.6 Å². The van der Waals surface area contributed by atoms with Gasteiger partial charge < -0.3 is 10.2 Å². The molecule has 1 amide bonds. The summed E-state index contributed by atoms with van der Waals surface area (Å²) in [7, 11) is 0. The largest absolute Gasteiger partial charge is 0.350 e. The summed E-state index contributed by atoms with van der Waals surface area (Å²) in [6.07, 6.45) is 5.39. The molecule has 0 saturated carbocycles. The standard InChI is InChI=1S/C23H30N2O/c1-19(24-23(26)11-5-6-16-25-17-7-8-18-25)20-12-14-22(15-13-20)21-9-3-2-4-10-21/h2-4,9-10,12-15,19H,5-8,11,16-18H2,1H3,(H,24,26). The minimum absolute atomic E-state index is 0.0471. The molecule has 3 nitrogen and oxygen atoms in total. The Morgan fingerprint density at radius 1 is 0.962 bits per heavy atom. The smallest absolute Gasteiger partial charge is 0.220 e. The Morgan fingerprint density at radius 3 is 2.31 bits per heavy atom. The van der Waals surface area contributed by atoms with Crippen LogP contribution in [0.4, 0.5) is 0 Å². The molecular weight excluding hydrogens is 320 g/mol. The number of carbonyl (C=O) groups is 1. The highest BCUT2D eigenvalue weighted by Gasteiger charge is 2.12. The molecule has 0 bridgehead atoms. The van der Waals surface area contributed by atoms with Crippen molar-refractivity contribution < 1.29 is 4.79 Å². The molecule has 138 valence electrons. The molecule has 1 saturated heterocycles. The zero-order valence-electron chi connectivity index (χ0n) is 15.8. The Bertz CT molecular complexity index is 675. The van der Waals surface area contributed by atoms with E-state index in [0.717, 1.165) is 24.9 Å². The van der Waals surface area contributed by atoms with E-state index >= 15 is 0 Å². The molecule has 1 unspecified atom stereocenters. The van der Waals surface area contributed by atoms with Crippen molar-refractivity contribution >= 4 is 5.91 Å². The number of amides is 1. The molecule has 3 rings (SSSR count). The zero-order valence-corrected chi connectivity index (χ0v) is 15.8. The number of hydrogen-bond acceptors (Lipinski definition) is 2. The minimum atomic E-state index is 0.0471. The molecule has 3 heteroatoms. The first-order valence-corrected chi connectivity index (χ1v) is 9.89. The molecule has 0 radical (unpaired) electrons. The Kier molecular flexibility index (Phi) is 6.84. The highest BCUT2D eigenvalue weighted by molar-refractivity contribution is 5.76. The third kappa shape index (κ3) is 5.43. The first-order chi connectivity index (χ1) is 12.7. The number of rotatable bonds is 8. The Hall–Kier alpha value is -2.13. The monoisotopic (exact) mass is 350 g/mol. The molecule has 1 aliphatic heterocycles. The van der Waals surface area contributed by atoms with E-state index < -0.39 is 0 Å². The molecule has 1 fully saturated rings. The van der Waals surface area contributed by atoms with Gasteiger partial charge in [0.2, 0.25) is 5.91 Å². The molecule has 2 aromatic rings. The number of unbranched alkanes of at least 4 members (excludes halogenated alkanes) is 1. The fourth-order valence-corrected chi connectivity index (χ4v) is 3.62. The van der Waals surface area contributed by atoms with Crippen molar-refractivity contribution in [2.24, 2.45) is 0 Å². The number of likely N-dealkylation sites (tertiary alicyclic amines) is 1. The van der Waals surface area contributed by atoms with Crippen LogP contribution in [-0.2, 0) is 4.79 Å². The zero-order chi connectivity index (χ0) is 18.2. The van der Waals surface area contributed by atoms with Crippen molar-refractivity contribution in [1.29, 1.82) is 0 Å². The van der Waals surface area contributed by atoms with Crippen molar-refractivity contribution in [2.45, 2.75) is 45.1 Å². The number of nitrogens with one attached hydrogen (secondary N) is 1. The van der Waals surface area contributed by atoms with Gasteiger partial charge in [0.15, 0.2) is 0 Å². The Balaban J connectivity index is 1.42. The number of nitrogens with zero attached hydrogens (tertiary/aromatic N) is 1. The summed E-state index contributed by atoms with van der Waals surface area (Å²) >= 11 is 0. The maximum Gasteiger partial charge on any atom is 0.220 e. The Morgan fingerprint density at radius 2 is 1.62 bits per heavy atom. The molecule has 2 aromatic carbocycles. The second-order valence-electron chi connectivity index (χ2n) is 7.28. The second kappa shape index (κ2) is 9.54. The summed E-state index contributed by atoms with van der Waals surface area (Å²) < 4.78 is 0. The van der Waals surface area contributed by atoms with Crippen LogP contribution < -0.4 is 5.32 Å². The average molecular weight is 351 g/mol. The molecule has 26 heavy (non-hydrogen) atoms. The van der Waals surface area contributed by atoms with Crippen LogP contribution in [0.5, 0.6) is 0 Å². The van der Waals surface area contributed by atoms with E-state index in [9.17, 15) is 4.79 Å². The molecule has 0 aromatic heterocycles. The highest BCUT2D eigenvalue weighted by atomic mass is 16.1. The van der Waals surface area contributed by atoms with E-state index in [1.54, 1.807) is 0 Å². The summed E-state index contributed by atoms with van der Waals surface area (Å²) in [6, 6.07) is 18.9. The van der Waals surface area contributed by atoms with Gasteiger partial charge >= 0.3 is 0 Å². The van der Waals surface area contributed by atoms with Crippen LogP contribution in [0.25, 0.3) is 11.1 Å². The molecule has 1 heterocycles. The van der Waals surface area contributed by atoms with Crippen LogP contribution in [0.15, 0.2) is 54.6 Å². The van der Waals surface area contributed by atoms with E-state index in [2.05, 4.69) is 65.7 Å². The van der Waals surface area contributed by atoms with Crippen LogP contribution in [0, 0.1) is 0 Å². The average Bonchev–Trinajstić information content (AvgIpc) is 3.19. The summed E-state index contributed by atoms with van der Waals surface area (Å²) in [4.78, 5) is 14.7. The van der Waals surface area contributed by atoms with E-state index in [-0.39, 0.29) is 11.9 Å². The van der Waals surface area contributed by atoms with Crippen LogP contribution in [0.3, 0.4) is 0 Å². The number of benzene rings is 2. The number of hydrogen-bond donors (Lipinski definition) is 1. The van der Waals surface area contributed by atoms with Gasteiger partial charge in [-0.3, -0.25) is 4.79 Å². The normalized spacial score (nSPS) is 15.7. The van der Waals surface area contributed by atoms with Gasteiger partial charge in [-0.25, -0.2) is 0 Å². The fraction of sp³-hybridized carbons (Fsp3) is 0.435. The van der Waals surface area contributed by atoms with Crippen LogP contribution in [0.2, 0.25) is 0 Å². The van der Waals surface area contributed by atoms with Gasteiger partial charge in [-0.05, 0) is 68.9 Å². The summed E-state index contributed by atoms with van der Waals surface area (Å²) in [5.74, 6) is 0.158. The van der Waals surface area contributed by atoms with Gasteiger partial charge in [0.25, 0.3) is 0 Å². The predicted octanol–water partition coefficient (Wildman–Crippen LogP) is 4.80. The van der Waals surface area contributed by atoms with Crippen LogP contribution >= 0.6 is 0 Å². The molecule has 1 atom stereocenters. The summed E-state index contributed by atoms with van der Waals surface area (Å²) in [5, 5.41) is 3.13. The van der Waals surface area contributed by atoms with Crippen LogP contribution in [0.1, 0.15) is 50.6 Å². The topological polar surface area (TPSA) is 32.3 Å². The molecule has 0 spiro atoms. The molecular formula is C23H30N2O. The lowest BCUT2D eigenvalue weighted by molar-refractivity contribution is -0.121. The van der Waals surface area contributed by atoms with Gasteiger partial charge in [-0.15, -0.1) is 0 Å². The summed E-state index contributed by atoms with van der Waals surface area (Å²) in [5.41, 5.74) is 3.57. The van der Waals surface area contributed by atoms with E-state index in [4.69, 9.17) is 0 Å². The molecule has 0 aliphatic carbocycles. The maximum absolute atomic E-state index is 12.2. The fourth-order valence-electron chi connectivity index (χ4n) is 3.62. The lowest BCUT2D eigenvalue weighted by atomic mass is 10.0. The van der Waals surface area contributed by atoms with Gasteiger partial charge in [-0.1, -0.05) is 54.6 Å². The Labute approximate surface area is 157 Å². The SMILES string of the molecule is CC(NC(=O)CCCCN1CCCC1)c1ccc(-c2ccccc2)cc1. The third-order valence-corrected chi connectivity index (χ3v) is 5.22. The highest BCUT2D eigenvalue weighted by Crippen LogP contribution is 2.21. The first-order valence-electron chi connectivity index (χ1n) is 9.89. The van der Waals surface area contributed by atoms with Gasteiger partial charge in [-0.2, -0.15) is 0 Å². The van der Waals surface area contributed by atoms with E-state index in [0.29, 0.717) is 6.42 Å². The molecule has 1 aliphatic rings. The quantitative estimate of drug-likeness (QED) is 0.694. The third-order valence-electron chi connectivity index (χ3n) is 5.22. The summed E-state index contributed by atoms with van der Waals surface area (Å²) in [6.45, 7) is 5.67. The van der Waals surface area contributed by atoms with E-state index in [1.165, 1.54) is 37.1 Å². The van der Waals surface area contributed by atoms with Gasteiger partial charge in [0.05, 0.1) is 6.04 Å².